The molecule has 0 spiro atoms. The zero-order chi connectivity index (χ0) is 11.2. The van der Waals surface area contributed by atoms with Crippen molar-refractivity contribution in [2.24, 2.45) is 0 Å². The van der Waals surface area contributed by atoms with Crippen molar-refractivity contribution in [3.8, 4) is 0 Å². The third-order valence-electron chi connectivity index (χ3n) is 2.28. The van der Waals surface area contributed by atoms with Crippen molar-refractivity contribution in [2.75, 3.05) is 40.0 Å². The van der Waals surface area contributed by atoms with Crippen molar-refractivity contribution >= 4 is 0 Å². The smallest absolute Gasteiger partial charge is 0.0700 e. The van der Waals surface area contributed by atoms with Gasteiger partial charge in [-0.25, -0.2) is 0 Å². The first-order valence-electron chi connectivity index (χ1n) is 6.19. The van der Waals surface area contributed by atoms with Crippen molar-refractivity contribution < 1.29 is 9.47 Å². The minimum Gasteiger partial charge on any atom is -0.382 e. The molecule has 3 heteroatoms. The number of rotatable bonds is 12. The minimum atomic E-state index is 0.704. The topological polar surface area (TPSA) is 30.5 Å². The molecule has 15 heavy (non-hydrogen) atoms. The molecule has 92 valence electrons. The van der Waals surface area contributed by atoms with E-state index in [-0.39, 0.29) is 0 Å². The summed E-state index contributed by atoms with van der Waals surface area (Å²) in [7, 11) is 1.70. The monoisotopic (exact) mass is 217 g/mol. The zero-order valence-corrected chi connectivity index (χ0v) is 10.4. The SMILES string of the molecule is CCCCCNCCCCOCCOC. The summed E-state index contributed by atoms with van der Waals surface area (Å²) < 4.78 is 10.3. The molecule has 0 bridgehead atoms. The van der Waals surface area contributed by atoms with Crippen LogP contribution in [-0.2, 0) is 9.47 Å². The lowest BCUT2D eigenvalue weighted by Gasteiger charge is -2.05. The van der Waals surface area contributed by atoms with Crippen LogP contribution in [-0.4, -0.2) is 40.0 Å². The van der Waals surface area contributed by atoms with Gasteiger partial charge >= 0.3 is 0 Å². The van der Waals surface area contributed by atoms with Crippen LogP contribution in [0.1, 0.15) is 39.0 Å². The Labute approximate surface area is 94.5 Å². The highest BCUT2D eigenvalue weighted by Crippen LogP contribution is 1.92. The van der Waals surface area contributed by atoms with E-state index in [0.29, 0.717) is 6.61 Å². The molecule has 0 aromatic rings. The Hall–Kier alpha value is -0.120. The predicted molar refractivity (Wildman–Crippen MR) is 64.3 cm³/mol. The Balaban J connectivity index is 2.81. The molecule has 0 unspecified atom stereocenters. The van der Waals surface area contributed by atoms with E-state index < -0.39 is 0 Å². The first kappa shape index (κ1) is 14.9. The minimum absolute atomic E-state index is 0.704. The van der Waals surface area contributed by atoms with Crippen LogP contribution in [0, 0.1) is 0 Å². The molecular formula is C12H27NO2. The third kappa shape index (κ3) is 13.9. The fourth-order valence-corrected chi connectivity index (χ4v) is 1.32. The molecule has 0 radical (unpaired) electrons. The number of hydrogen-bond donors (Lipinski definition) is 1. The van der Waals surface area contributed by atoms with Gasteiger partial charge in [-0.05, 0) is 32.4 Å². The van der Waals surface area contributed by atoms with Crippen molar-refractivity contribution in [3.05, 3.63) is 0 Å². The van der Waals surface area contributed by atoms with Crippen molar-refractivity contribution in [1.82, 2.24) is 5.32 Å². The van der Waals surface area contributed by atoms with Gasteiger partial charge in [0, 0.05) is 13.7 Å². The molecule has 0 aromatic carbocycles. The van der Waals surface area contributed by atoms with E-state index >= 15 is 0 Å². The van der Waals surface area contributed by atoms with Gasteiger partial charge in [0.15, 0.2) is 0 Å². The molecule has 0 heterocycles. The van der Waals surface area contributed by atoms with Crippen molar-refractivity contribution in [2.45, 2.75) is 39.0 Å². The molecule has 1 N–H and O–H groups in total. The van der Waals surface area contributed by atoms with Gasteiger partial charge in [-0.1, -0.05) is 19.8 Å². The van der Waals surface area contributed by atoms with Crippen molar-refractivity contribution in [3.63, 3.8) is 0 Å². The van der Waals surface area contributed by atoms with E-state index in [1.807, 2.05) is 0 Å². The Bertz CT molecular complexity index is 97.8. The van der Waals surface area contributed by atoms with Gasteiger partial charge in [-0.2, -0.15) is 0 Å². The summed E-state index contributed by atoms with van der Waals surface area (Å²) in [6.45, 7) is 6.81. The number of hydrogen-bond acceptors (Lipinski definition) is 3. The highest BCUT2D eigenvalue weighted by atomic mass is 16.5. The predicted octanol–water partition coefficient (Wildman–Crippen LogP) is 2.21. The maximum Gasteiger partial charge on any atom is 0.0700 e. The summed E-state index contributed by atoms with van der Waals surface area (Å²) in [5, 5.41) is 3.44. The quantitative estimate of drug-likeness (QED) is 0.508. The van der Waals surface area contributed by atoms with Gasteiger partial charge in [0.2, 0.25) is 0 Å². The normalized spacial score (nSPS) is 10.8. The molecule has 0 aliphatic rings. The van der Waals surface area contributed by atoms with Crippen LogP contribution in [0.2, 0.25) is 0 Å². The molecule has 0 aliphatic heterocycles. The Morgan fingerprint density at radius 3 is 2.27 bits per heavy atom. The maximum absolute atomic E-state index is 5.37. The lowest BCUT2D eigenvalue weighted by molar-refractivity contribution is 0.0688. The van der Waals surface area contributed by atoms with Gasteiger partial charge in [0.25, 0.3) is 0 Å². The summed E-state index contributed by atoms with van der Waals surface area (Å²) in [5.74, 6) is 0. The molecule has 0 saturated heterocycles. The lowest BCUT2D eigenvalue weighted by atomic mass is 10.2. The first-order valence-corrected chi connectivity index (χ1v) is 6.19. The Morgan fingerprint density at radius 2 is 1.60 bits per heavy atom. The highest BCUT2D eigenvalue weighted by Gasteiger charge is 1.90. The Kier molecular flexibility index (Phi) is 13.8. The largest absolute Gasteiger partial charge is 0.382 e. The first-order chi connectivity index (χ1) is 7.41. The second kappa shape index (κ2) is 13.9. The number of nitrogens with one attached hydrogen (secondary N) is 1. The van der Waals surface area contributed by atoms with E-state index in [0.717, 1.165) is 26.2 Å². The highest BCUT2D eigenvalue weighted by molar-refractivity contribution is 4.48. The number of methoxy groups -OCH3 is 1. The van der Waals surface area contributed by atoms with Crippen LogP contribution >= 0.6 is 0 Å². The van der Waals surface area contributed by atoms with Crippen LogP contribution in [0.4, 0.5) is 0 Å². The van der Waals surface area contributed by atoms with Gasteiger partial charge in [0.1, 0.15) is 0 Å². The second-order valence-corrected chi connectivity index (χ2v) is 3.77. The standard InChI is InChI=1S/C12H27NO2/c1-3-4-5-8-13-9-6-7-10-15-12-11-14-2/h13H,3-12H2,1-2H3. The van der Waals surface area contributed by atoms with Crippen LogP contribution in [0.25, 0.3) is 0 Å². The van der Waals surface area contributed by atoms with E-state index in [4.69, 9.17) is 9.47 Å². The van der Waals surface area contributed by atoms with E-state index in [2.05, 4.69) is 12.2 Å². The average molecular weight is 217 g/mol. The molecule has 0 aromatic heterocycles. The van der Waals surface area contributed by atoms with Crippen molar-refractivity contribution in [1.29, 1.82) is 0 Å². The second-order valence-electron chi connectivity index (χ2n) is 3.77. The van der Waals surface area contributed by atoms with Crippen LogP contribution < -0.4 is 5.32 Å². The van der Waals surface area contributed by atoms with Crippen LogP contribution in [0.15, 0.2) is 0 Å². The number of ether oxygens (including phenoxy) is 2. The molecule has 0 fully saturated rings. The van der Waals surface area contributed by atoms with E-state index in [1.54, 1.807) is 7.11 Å². The van der Waals surface area contributed by atoms with Crippen LogP contribution in [0.5, 0.6) is 0 Å². The maximum atomic E-state index is 5.37. The zero-order valence-electron chi connectivity index (χ0n) is 10.4. The molecule has 0 aliphatic carbocycles. The van der Waals surface area contributed by atoms with Gasteiger partial charge in [-0.3, -0.25) is 0 Å². The summed E-state index contributed by atoms with van der Waals surface area (Å²) >= 11 is 0. The fraction of sp³-hybridized carbons (Fsp3) is 1.00. The molecular weight excluding hydrogens is 190 g/mol. The Morgan fingerprint density at radius 1 is 0.867 bits per heavy atom. The van der Waals surface area contributed by atoms with Gasteiger partial charge in [0.05, 0.1) is 13.2 Å². The van der Waals surface area contributed by atoms with Crippen LogP contribution in [0.3, 0.4) is 0 Å². The summed E-state index contributed by atoms with van der Waals surface area (Å²) in [6.07, 6.45) is 6.30. The summed E-state index contributed by atoms with van der Waals surface area (Å²) in [5.41, 5.74) is 0. The molecule has 3 nitrogen and oxygen atoms in total. The molecule has 0 rings (SSSR count). The fourth-order valence-electron chi connectivity index (χ4n) is 1.32. The molecule has 0 amide bonds. The van der Waals surface area contributed by atoms with Gasteiger partial charge in [-0.15, -0.1) is 0 Å². The average Bonchev–Trinajstić information content (AvgIpc) is 2.26. The number of unbranched alkanes of at least 4 members (excludes halogenated alkanes) is 3. The van der Waals surface area contributed by atoms with E-state index in [9.17, 15) is 0 Å². The summed E-state index contributed by atoms with van der Waals surface area (Å²) in [4.78, 5) is 0. The van der Waals surface area contributed by atoms with Gasteiger partial charge < -0.3 is 14.8 Å². The third-order valence-corrected chi connectivity index (χ3v) is 2.28. The molecule has 0 atom stereocenters. The summed E-state index contributed by atoms with van der Waals surface area (Å²) in [6, 6.07) is 0. The lowest BCUT2D eigenvalue weighted by Crippen LogP contribution is -2.17. The van der Waals surface area contributed by atoms with E-state index in [1.165, 1.54) is 32.2 Å². The molecule has 0 saturated carbocycles.